The number of rotatable bonds is 3. The number of aromatic nitrogens is 4. The molecule has 4 rings (SSSR count). The molecule has 0 aromatic carbocycles. The first-order valence-electron chi connectivity index (χ1n) is 9.53. The summed E-state index contributed by atoms with van der Waals surface area (Å²) in [4.78, 5) is 25.7. The zero-order chi connectivity index (χ0) is 17.9. The highest BCUT2D eigenvalue weighted by Crippen LogP contribution is 2.28. The van der Waals surface area contributed by atoms with Gasteiger partial charge in [0, 0.05) is 49.6 Å². The van der Waals surface area contributed by atoms with E-state index in [1.165, 1.54) is 6.42 Å². The molecule has 2 aromatic rings. The van der Waals surface area contributed by atoms with Gasteiger partial charge in [0.1, 0.15) is 5.82 Å². The lowest BCUT2D eigenvalue weighted by molar-refractivity contribution is 0.0568. The van der Waals surface area contributed by atoms with Crippen LogP contribution >= 0.6 is 0 Å². The van der Waals surface area contributed by atoms with E-state index in [2.05, 4.69) is 25.1 Å². The number of nitrogens with zero attached hydrogens (tertiary/aromatic N) is 5. The van der Waals surface area contributed by atoms with Gasteiger partial charge in [0.05, 0.1) is 0 Å². The number of likely N-dealkylation sites (tertiary alicyclic amines) is 2. The number of piperidine rings is 2. The highest BCUT2D eigenvalue weighted by Gasteiger charge is 2.32. The number of pyridine rings is 1. The van der Waals surface area contributed by atoms with Gasteiger partial charge in [-0.2, -0.15) is 5.10 Å². The normalized spacial score (nSPS) is 22.5. The zero-order valence-electron chi connectivity index (χ0n) is 15.3. The third kappa shape index (κ3) is 3.62. The minimum absolute atomic E-state index is 0.124. The van der Waals surface area contributed by atoms with Gasteiger partial charge in [0.25, 0.3) is 5.91 Å². The molecule has 0 radical (unpaired) electrons. The first kappa shape index (κ1) is 17.1. The summed E-state index contributed by atoms with van der Waals surface area (Å²) in [6.45, 7) is 5.77. The van der Waals surface area contributed by atoms with E-state index < -0.39 is 0 Å². The molecule has 0 saturated carbocycles. The Labute approximate surface area is 153 Å². The van der Waals surface area contributed by atoms with Crippen molar-refractivity contribution in [1.82, 2.24) is 30.0 Å². The van der Waals surface area contributed by atoms with E-state index in [1.54, 1.807) is 24.5 Å². The van der Waals surface area contributed by atoms with Crippen molar-refractivity contribution >= 4 is 5.91 Å². The van der Waals surface area contributed by atoms with Crippen molar-refractivity contribution < 1.29 is 4.79 Å². The molecular formula is C19H26N6O. The first-order chi connectivity index (χ1) is 12.7. The predicted molar refractivity (Wildman–Crippen MR) is 97.8 cm³/mol. The second-order valence-electron chi connectivity index (χ2n) is 7.37. The Hall–Kier alpha value is -2.28. The molecule has 2 fully saturated rings. The van der Waals surface area contributed by atoms with Crippen molar-refractivity contribution in [3.63, 3.8) is 0 Å². The summed E-state index contributed by atoms with van der Waals surface area (Å²) in [7, 11) is 0. The van der Waals surface area contributed by atoms with Crippen molar-refractivity contribution in [3.8, 4) is 0 Å². The van der Waals surface area contributed by atoms with E-state index in [-0.39, 0.29) is 5.91 Å². The van der Waals surface area contributed by atoms with Gasteiger partial charge in [-0.3, -0.25) is 19.8 Å². The van der Waals surface area contributed by atoms with Crippen LogP contribution in [-0.2, 0) is 0 Å². The van der Waals surface area contributed by atoms with Crippen LogP contribution in [0.5, 0.6) is 0 Å². The van der Waals surface area contributed by atoms with Crippen LogP contribution < -0.4 is 0 Å². The maximum absolute atomic E-state index is 12.6. The second kappa shape index (κ2) is 7.53. The van der Waals surface area contributed by atoms with Gasteiger partial charge < -0.3 is 4.90 Å². The SMILES string of the molecule is Cc1nc(C2CCCN(C3CCN(C(=O)c4ccncc4)CC3)C2)n[nH]1. The van der Waals surface area contributed by atoms with Gasteiger partial charge in [0.15, 0.2) is 5.82 Å². The minimum Gasteiger partial charge on any atom is -0.339 e. The maximum atomic E-state index is 12.6. The molecule has 0 bridgehead atoms. The molecule has 1 amide bonds. The molecule has 4 heterocycles. The molecule has 2 aliphatic heterocycles. The summed E-state index contributed by atoms with van der Waals surface area (Å²) in [5.74, 6) is 2.39. The fourth-order valence-corrected chi connectivity index (χ4v) is 4.20. The number of aryl methyl sites for hydroxylation is 1. The maximum Gasteiger partial charge on any atom is 0.253 e. The van der Waals surface area contributed by atoms with Gasteiger partial charge in [-0.05, 0) is 51.3 Å². The highest BCUT2D eigenvalue weighted by molar-refractivity contribution is 5.94. The molecule has 2 saturated heterocycles. The molecule has 0 aliphatic carbocycles. The first-order valence-corrected chi connectivity index (χ1v) is 9.53. The van der Waals surface area contributed by atoms with E-state index in [0.29, 0.717) is 12.0 Å². The molecule has 26 heavy (non-hydrogen) atoms. The molecule has 1 N–H and O–H groups in total. The Morgan fingerprint density at radius 1 is 1.15 bits per heavy atom. The van der Waals surface area contributed by atoms with Gasteiger partial charge in [-0.25, -0.2) is 4.98 Å². The van der Waals surface area contributed by atoms with E-state index >= 15 is 0 Å². The number of carbonyl (C=O) groups excluding carboxylic acids is 1. The van der Waals surface area contributed by atoms with Crippen LogP contribution in [0.4, 0.5) is 0 Å². The number of nitrogens with one attached hydrogen (secondary N) is 1. The van der Waals surface area contributed by atoms with E-state index in [0.717, 1.165) is 62.7 Å². The summed E-state index contributed by atoms with van der Waals surface area (Å²) in [5.41, 5.74) is 0.733. The number of aromatic amines is 1. The number of amides is 1. The van der Waals surface area contributed by atoms with Crippen LogP contribution in [0.1, 0.15) is 53.6 Å². The van der Waals surface area contributed by atoms with Crippen LogP contribution in [0.15, 0.2) is 24.5 Å². The quantitative estimate of drug-likeness (QED) is 0.912. The smallest absolute Gasteiger partial charge is 0.253 e. The molecule has 1 atom stereocenters. The van der Waals surface area contributed by atoms with Gasteiger partial charge in [0.2, 0.25) is 0 Å². The summed E-state index contributed by atoms with van der Waals surface area (Å²) < 4.78 is 0. The minimum atomic E-state index is 0.124. The highest BCUT2D eigenvalue weighted by atomic mass is 16.2. The Bertz CT molecular complexity index is 737. The van der Waals surface area contributed by atoms with Gasteiger partial charge >= 0.3 is 0 Å². The van der Waals surface area contributed by atoms with Crippen molar-refractivity contribution in [2.24, 2.45) is 0 Å². The van der Waals surface area contributed by atoms with E-state index in [9.17, 15) is 4.79 Å². The molecule has 1 unspecified atom stereocenters. The molecular weight excluding hydrogens is 328 g/mol. The number of carbonyl (C=O) groups is 1. The monoisotopic (exact) mass is 354 g/mol. The summed E-state index contributed by atoms with van der Waals surface area (Å²) in [5, 5.41) is 7.33. The van der Waals surface area contributed by atoms with Crippen molar-refractivity contribution in [1.29, 1.82) is 0 Å². The van der Waals surface area contributed by atoms with E-state index in [1.807, 2.05) is 11.8 Å². The van der Waals surface area contributed by atoms with Crippen LogP contribution in [0.25, 0.3) is 0 Å². The fraction of sp³-hybridized carbons (Fsp3) is 0.579. The average molecular weight is 354 g/mol. The van der Waals surface area contributed by atoms with Gasteiger partial charge in [-0.1, -0.05) is 0 Å². The zero-order valence-corrected chi connectivity index (χ0v) is 15.3. The number of H-pyrrole nitrogens is 1. The third-order valence-corrected chi connectivity index (χ3v) is 5.63. The summed E-state index contributed by atoms with van der Waals surface area (Å²) in [6, 6.07) is 4.14. The average Bonchev–Trinajstić information content (AvgIpc) is 3.15. The Kier molecular flexibility index (Phi) is 4.97. The topological polar surface area (TPSA) is 78.0 Å². The Morgan fingerprint density at radius 2 is 1.92 bits per heavy atom. The third-order valence-electron chi connectivity index (χ3n) is 5.63. The van der Waals surface area contributed by atoms with E-state index in [4.69, 9.17) is 0 Å². The number of hydrogen-bond acceptors (Lipinski definition) is 5. The lowest BCUT2D eigenvalue weighted by Crippen LogP contribution is -2.49. The second-order valence-corrected chi connectivity index (χ2v) is 7.37. The summed E-state index contributed by atoms with van der Waals surface area (Å²) in [6.07, 6.45) is 7.78. The molecule has 2 aromatic heterocycles. The lowest BCUT2D eigenvalue weighted by atomic mass is 9.93. The van der Waals surface area contributed by atoms with Crippen molar-refractivity contribution in [2.45, 2.75) is 44.6 Å². The molecule has 7 heteroatoms. The largest absolute Gasteiger partial charge is 0.339 e. The molecule has 2 aliphatic rings. The molecule has 0 spiro atoms. The predicted octanol–water partition coefficient (Wildman–Crippen LogP) is 1.99. The van der Waals surface area contributed by atoms with Gasteiger partial charge in [-0.15, -0.1) is 0 Å². The van der Waals surface area contributed by atoms with Crippen LogP contribution in [-0.4, -0.2) is 68.1 Å². The Morgan fingerprint density at radius 3 is 2.62 bits per heavy atom. The number of hydrogen-bond donors (Lipinski definition) is 1. The molecule has 138 valence electrons. The van der Waals surface area contributed by atoms with Crippen molar-refractivity contribution in [3.05, 3.63) is 41.7 Å². The Balaban J connectivity index is 1.33. The van der Waals surface area contributed by atoms with Crippen LogP contribution in [0.2, 0.25) is 0 Å². The summed E-state index contributed by atoms with van der Waals surface area (Å²) >= 11 is 0. The lowest BCUT2D eigenvalue weighted by Gasteiger charge is -2.41. The fourth-order valence-electron chi connectivity index (χ4n) is 4.20. The van der Waals surface area contributed by atoms with Crippen molar-refractivity contribution in [2.75, 3.05) is 26.2 Å². The standard InChI is InChI=1S/C19H26N6O/c1-14-21-18(23-22-14)16-3-2-10-25(13-16)17-6-11-24(12-7-17)19(26)15-4-8-20-9-5-15/h4-5,8-9,16-17H,2-3,6-7,10-13H2,1H3,(H,21,22,23). The van der Waals surface area contributed by atoms with Crippen LogP contribution in [0.3, 0.4) is 0 Å². The van der Waals surface area contributed by atoms with Crippen LogP contribution in [0, 0.1) is 6.92 Å². The molecule has 7 nitrogen and oxygen atoms in total.